The number of hydrazone groups is 1. The van der Waals surface area contributed by atoms with Gasteiger partial charge in [-0.25, -0.2) is 10.1 Å². The van der Waals surface area contributed by atoms with Crippen molar-refractivity contribution >= 4 is 51.0 Å². The number of carboxylic acids is 1. The van der Waals surface area contributed by atoms with E-state index in [9.17, 15) is 28.0 Å². The van der Waals surface area contributed by atoms with Crippen LogP contribution in [0.1, 0.15) is 15.9 Å². The second-order valence-corrected chi connectivity index (χ2v) is 9.11. The van der Waals surface area contributed by atoms with Gasteiger partial charge in [-0.2, -0.15) is 13.5 Å². The number of hydrogen-bond acceptors (Lipinski definition) is 12. The molecule has 0 saturated heterocycles. The molecule has 0 aromatic heterocycles. The number of benzene rings is 3. The van der Waals surface area contributed by atoms with Gasteiger partial charge >= 0.3 is 5.97 Å². The van der Waals surface area contributed by atoms with Gasteiger partial charge in [0, 0.05) is 17.5 Å². The summed E-state index contributed by atoms with van der Waals surface area (Å²) in [4.78, 5) is 11.5. The molecule has 0 bridgehead atoms. The fraction of sp³-hybridized carbons (Fsp3) is 0.0476. The van der Waals surface area contributed by atoms with Gasteiger partial charge in [-0.15, -0.1) is 14.6 Å². The van der Waals surface area contributed by atoms with Gasteiger partial charge in [-0.05, 0) is 30.3 Å². The summed E-state index contributed by atoms with van der Waals surface area (Å²) in [6.07, 6.45) is 0. The Morgan fingerprint density at radius 3 is 2.38 bits per heavy atom. The molecule has 0 aliphatic heterocycles. The first-order valence-electron chi connectivity index (χ1n) is 9.99. The highest BCUT2D eigenvalue weighted by molar-refractivity contribution is 7.94. The van der Waals surface area contributed by atoms with Gasteiger partial charge in [0.15, 0.2) is 5.75 Å². The summed E-state index contributed by atoms with van der Waals surface area (Å²) in [7, 11) is -3.18. The van der Waals surface area contributed by atoms with E-state index in [0.29, 0.717) is 22.5 Å². The maximum Gasteiger partial charge on any atom is 0.337 e. The van der Waals surface area contributed by atoms with Crippen molar-refractivity contribution in [1.29, 1.82) is 0 Å². The molecule has 0 heterocycles. The second-order valence-electron chi connectivity index (χ2n) is 6.92. The van der Waals surface area contributed by atoms with Crippen molar-refractivity contribution in [1.82, 2.24) is 0 Å². The molecule has 0 fully saturated rings. The number of nitrogens with one attached hydrogen (secondary N) is 2. The monoisotopic (exact) mass is 549 g/mol. The van der Waals surface area contributed by atoms with E-state index in [2.05, 4.69) is 35.4 Å². The lowest BCUT2D eigenvalue weighted by molar-refractivity contribution is -0.432. The Bertz CT molecular complexity index is 1450. The van der Waals surface area contributed by atoms with Crippen molar-refractivity contribution in [2.45, 2.75) is 9.79 Å². The molecule has 0 atom stereocenters. The Morgan fingerprint density at radius 1 is 1.05 bits per heavy atom. The highest BCUT2D eigenvalue weighted by Gasteiger charge is 2.17. The third-order valence-electron chi connectivity index (χ3n) is 4.58. The van der Waals surface area contributed by atoms with E-state index in [1.807, 2.05) is 0 Å². The van der Waals surface area contributed by atoms with Gasteiger partial charge in [0.2, 0.25) is 5.84 Å². The molecule has 0 radical (unpaired) electrons. The van der Waals surface area contributed by atoms with Crippen LogP contribution in [0, 0.1) is 0 Å². The zero-order chi connectivity index (χ0) is 27.0. The minimum Gasteiger partial charge on any atom is -0.504 e. The van der Waals surface area contributed by atoms with Crippen molar-refractivity contribution in [3.05, 3.63) is 71.8 Å². The number of rotatable bonds is 10. The van der Waals surface area contributed by atoms with Crippen molar-refractivity contribution in [3.63, 3.8) is 0 Å². The summed E-state index contributed by atoms with van der Waals surface area (Å²) in [5.41, 5.74) is 2.44. The zero-order valence-corrected chi connectivity index (χ0v) is 20.4. The standard InChI is InChI=1S/C21H19N5O9S2/c1-22-17-10-14(37(31,32)33)11-18(19(17)27)24-26-20(12-5-3-2-4-6-12)25-23-16-9-13(36-35-34-30)7-8-15(16)21(28)29/h2-11,22,24,27,30H,1H3,(H,28,29)(H,31,32,33). The summed E-state index contributed by atoms with van der Waals surface area (Å²) in [5.74, 6) is -1.76. The molecule has 194 valence electrons. The maximum atomic E-state index is 11.6. The Hall–Kier alpha value is -4.06. The molecular formula is C21H19N5O9S2. The molecule has 0 aliphatic rings. The average molecular weight is 550 g/mol. The van der Waals surface area contributed by atoms with Crippen LogP contribution in [0.2, 0.25) is 0 Å². The van der Waals surface area contributed by atoms with Crippen molar-refractivity contribution in [2.24, 2.45) is 15.3 Å². The fourth-order valence-electron chi connectivity index (χ4n) is 2.86. The summed E-state index contributed by atoms with van der Waals surface area (Å²) >= 11 is 0.589. The molecule has 3 aromatic carbocycles. The Labute approximate surface area is 214 Å². The zero-order valence-electron chi connectivity index (χ0n) is 18.8. The smallest absolute Gasteiger partial charge is 0.337 e. The number of nitrogens with zero attached hydrogens (tertiary/aromatic N) is 3. The summed E-state index contributed by atoms with van der Waals surface area (Å²) < 4.78 is 37.0. The van der Waals surface area contributed by atoms with E-state index in [-0.39, 0.29) is 28.5 Å². The molecule has 16 heteroatoms. The Kier molecular flexibility index (Phi) is 9.12. The van der Waals surface area contributed by atoms with E-state index < -0.39 is 26.7 Å². The Balaban J connectivity index is 2.06. The van der Waals surface area contributed by atoms with E-state index in [1.165, 1.54) is 25.2 Å². The highest BCUT2D eigenvalue weighted by Crippen LogP contribution is 2.35. The summed E-state index contributed by atoms with van der Waals surface area (Å²) in [6.45, 7) is 0. The van der Waals surface area contributed by atoms with Crippen molar-refractivity contribution < 1.29 is 42.6 Å². The number of azo groups is 1. The van der Waals surface area contributed by atoms with Gasteiger partial charge in [0.1, 0.15) is 11.4 Å². The molecule has 3 aromatic rings. The molecule has 0 unspecified atom stereocenters. The molecular weight excluding hydrogens is 530 g/mol. The SMILES string of the molecule is CNc1cc(S(=O)(=O)O)cc(NN=C(N=Nc2cc(SOOO)ccc2C(=O)O)c2ccccc2)c1O. The van der Waals surface area contributed by atoms with Crippen LogP contribution in [-0.4, -0.2) is 47.3 Å². The molecule has 6 N–H and O–H groups in total. The largest absolute Gasteiger partial charge is 0.504 e. The third-order valence-corrected chi connectivity index (χ3v) is 5.98. The van der Waals surface area contributed by atoms with E-state index in [1.54, 1.807) is 30.3 Å². The number of carboxylic acid groups (broad SMARTS) is 1. The van der Waals surface area contributed by atoms with Crippen LogP contribution in [0.4, 0.5) is 17.1 Å². The van der Waals surface area contributed by atoms with Crippen molar-refractivity contribution in [3.8, 4) is 5.75 Å². The molecule has 37 heavy (non-hydrogen) atoms. The number of aromatic carboxylic acids is 1. The third kappa shape index (κ3) is 7.23. The van der Waals surface area contributed by atoms with Crippen LogP contribution in [0.3, 0.4) is 0 Å². The summed E-state index contributed by atoms with van der Waals surface area (Å²) in [5, 5.41) is 46.5. The number of amidine groups is 1. The van der Waals surface area contributed by atoms with Crippen LogP contribution in [0.25, 0.3) is 0 Å². The Morgan fingerprint density at radius 2 is 1.76 bits per heavy atom. The number of carbonyl (C=O) groups is 1. The normalized spacial score (nSPS) is 12.0. The number of anilines is 2. The lowest BCUT2D eigenvalue weighted by Gasteiger charge is -2.11. The van der Waals surface area contributed by atoms with Gasteiger partial charge < -0.3 is 15.5 Å². The highest BCUT2D eigenvalue weighted by atomic mass is 32.2. The van der Waals surface area contributed by atoms with Gasteiger partial charge in [0.25, 0.3) is 10.1 Å². The lowest BCUT2D eigenvalue weighted by atomic mass is 10.2. The number of phenolic OH excluding ortho intramolecular Hbond substituents is 1. The predicted molar refractivity (Wildman–Crippen MR) is 133 cm³/mol. The predicted octanol–water partition coefficient (Wildman–Crippen LogP) is 4.36. The average Bonchev–Trinajstić information content (AvgIpc) is 2.88. The van der Waals surface area contributed by atoms with Crippen LogP contribution in [-0.2, 0) is 19.5 Å². The van der Waals surface area contributed by atoms with Crippen LogP contribution in [0.5, 0.6) is 5.75 Å². The lowest BCUT2D eigenvalue weighted by Crippen LogP contribution is -2.05. The number of aromatic hydroxyl groups is 1. The summed E-state index contributed by atoms with van der Waals surface area (Å²) in [6, 6.07) is 14.3. The van der Waals surface area contributed by atoms with Gasteiger partial charge in [-0.1, -0.05) is 35.4 Å². The van der Waals surface area contributed by atoms with E-state index in [0.717, 1.165) is 12.1 Å². The van der Waals surface area contributed by atoms with E-state index in [4.69, 9.17) is 5.26 Å². The number of hydrogen-bond donors (Lipinski definition) is 6. The van der Waals surface area contributed by atoms with Crippen LogP contribution >= 0.6 is 12.0 Å². The van der Waals surface area contributed by atoms with Crippen LogP contribution in [0.15, 0.2) is 85.8 Å². The topological polar surface area (TPSA) is 212 Å². The molecule has 0 saturated carbocycles. The molecule has 0 spiro atoms. The molecule has 14 nitrogen and oxygen atoms in total. The first kappa shape index (κ1) is 27.5. The quantitative estimate of drug-likeness (QED) is 0.0304. The number of phenols is 1. The maximum absolute atomic E-state index is 11.6. The van der Waals surface area contributed by atoms with Crippen molar-refractivity contribution in [2.75, 3.05) is 17.8 Å². The van der Waals surface area contributed by atoms with Gasteiger partial charge in [-0.3, -0.25) is 9.98 Å². The minimum atomic E-state index is -4.61. The molecule has 0 aliphatic carbocycles. The first-order valence-corrected chi connectivity index (χ1v) is 12.2. The van der Waals surface area contributed by atoms with Crippen LogP contribution < -0.4 is 10.7 Å². The van der Waals surface area contributed by atoms with Gasteiger partial charge in [0.05, 0.1) is 28.2 Å². The molecule has 0 amide bonds. The molecule has 3 rings (SSSR count). The fourth-order valence-corrected chi connectivity index (χ4v) is 3.79. The second kappa shape index (κ2) is 12.3. The first-order chi connectivity index (χ1) is 17.6. The minimum absolute atomic E-state index is 0.00907. The van der Waals surface area contributed by atoms with E-state index >= 15 is 0 Å².